The molecular formula is C17H22O6S. The van der Waals surface area contributed by atoms with Crippen molar-refractivity contribution in [1.29, 1.82) is 0 Å². The van der Waals surface area contributed by atoms with Crippen molar-refractivity contribution < 1.29 is 28.4 Å². The van der Waals surface area contributed by atoms with Crippen molar-refractivity contribution in [2.45, 2.75) is 42.4 Å². The van der Waals surface area contributed by atoms with Crippen molar-refractivity contribution in [3.63, 3.8) is 0 Å². The highest BCUT2D eigenvalue weighted by molar-refractivity contribution is 7.87. The van der Waals surface area contributed by atoms with Crippen LogP contribution in [0.15, 0.2) is 29.2 Å². The van der Waals surface area contributed by atoms with Gasteiger partial charge >= 0.3 is 11.9 Å². The van der Waals surface area contributed by atoms with Gasteiger partial charge in [0, 0.05) is 4.90 Å². The Bertz CT molecular complexity index is 652. The lowest BCUT2D eigenvalue weighted by Crippen LogP contribution is -2.46. The van der Waals surface area contributed by atoms with Gasteiger partial charge in [0.15, 0.2) is 5.41 Å². The van der Waals surface area contributed by atoms with Crippen molar-refractivity contribution in [1.82, 2.24) is 0 Å². The largest absolute Gasteiger partial charge is 0.468 e. The molecule has 0 amide bonds. The fourth-order valence-electron chi connectivity index (χ4n) is 3.22. The third-order valence-corrected chi connectivity index (χ3v) is 6.81. The molecule has 0 heterocycles. The smallest absolute Gasteiger partial charge is 0.324 e. The summed E-state index contributed by atoms with van der Waals surface area (Å²) in [6.45, 7) is 3.60. The first-order valence-corrected chi connectivity index (χ1v) is 8.80. The number of hydrogen-bond acceptors (Lipinski definition) is 6. The van der Waals surface area contributed by atoms with E-state index in [4.69, 9.17) is 9.47 Å². The standard InChI is InChI=1S/C17H22O6S/c1-5-13(18)17(24(21)12-8-6-11(2)7-9-12)10-16(17,14(19)22-3)15(20)23-4/h6-9,13,18H,5,10H2,1-4H3/t13?,17-,24-/m0/s1. The van der Waals surface area contributed by atoms with E-state index in [1.54, 1.807) is 31.2 Å². The van der Waals surface area contributed by atoms with Gasteiger partial charge in [0.1, 0.15) is 4.75 Å². The first-order chi connectivity index (χ1) is 11.3. The zero-order valence-corrected chi connectivity index (χ0v) is 15.0. The summed E-state index contributed by atoms with van der Waals surface area (Å²) in [4.78, 5) is 25.2. The molecule has 1 fully saturated rings. The molecule has 1 aliphatic carbocycles. The van der Waals surface area contributed by atoms with Crippen LogP contribution in [-0.2, 0) is 29.9 Å². The van der Waals surface area contributed by atoms with Crippen LogP contribution in [0.2, 0.25) is 0 Å². The maximum atomic E-state index is 13.2. The zero-order chi connectivity index (χ0) is 18.1. The summed E-state index contributed by atoms with van der Waals surface area (Å²) < 4.78 is 21.3. The Morgan fingerprint density at radius 3 is 2.12 bits per heavy atom. The summed E-state index contributed by atoms with van der Waals surface area (Å²) >= 11 is 0. The van der Waals surface area contributed by atoms with E-state index < -0.39 is 39.0 Å². The van der Waals surface area contributed by atoms with Crippen LogP contribution in [0, 0.1) is 12.3 Å². The monoisotopic (exact) mass is 354 g/mol. The van der Waals surface area contributed by atoms with E-state index in [0.717, 1.165) is 19.8 Å². The molecule has 0 aliphatic heterocycles. The van der Waals surface area contributed by atoms with Crippen molar-refractivity contribution in [2.24, 2.45) is 5.41 Å². The van der Waals surface area contributed by atoms with E-state index in [-0.39, 0.29) is 12.8 Å². The maximum Gasteiger partial charge on any atom is 0.324 e. The van der Waals surface area contributed by atoms with E-state index in [0.29, 0.717) is 4.90 Å². The number of esters is 2. The molecule has 0 saturated heterocycles. The number of ether oxygens (including phenoxy) is 2. The molecule has 1 N–H and O–H groups in total. The van der Waals surface area contributed by atoms with E-state index >= 15 is 0 Å². The molecule has 0 spiro atoms. The molecule has 1 aliphatic rings. The number of carbonyl (C=O) groups is 2. The van der Waals surface area contributed by atoms with Crippen LogP contribution in [0.25, 0.3) is 0 Å². The van der Waals surface area contributed by atoms with Crippen molar-refractivity contribution in [3.8, 4) is 0 Å². The Morgan fingerprint density at radius 1 is 1.21 bits per heavy atom. The lowest BCUT2D eigenvalue weighted by molar-refractivity contribution is -0.162. The van der Waals surface area contributed by atoms with Gasteiger partial charge in [0.05, 0.1) is 31.1 Å². The topological polar surface area (TPSA) is 89.9 Å². The van der Waals surface area contributed by atoms with Crippen molar-refractivity contribution >= 4 is 22.7 Å². The Labute approximate surface area is 143 Å². The minimum Gasteiger partial charge on any atom is -0.468 e. The number of aryl methyl sites for hydroxylation is 1. The average Bonchev–Trinajstić information content (AvgIpc) is 3.32. The number of aliphatic hydroxyl groups excluding tert-OH is 1. The van der Waals surface area contributed by atoms with E-state index in [2.05, 4.69) is 0 Å². The summed E-state index contributed by atoms with van der Waals surface area (Å²) in [7, 11) is 0.526. The normalized spacial score (nSPS) is 23.9. The second kappa shape index (κ2) is 6.64. The molecule has 1 aromatic rings. The lowest BCUT2D eigenvalue weighted by Gasteiger charge is -2.26. The quantitative estimate of drug-likeness (QED) is 0.613. The van der Waals surface area contributed by atoms with Crippen LogP contribution in [0.1, 0.15) is 25.3 Å². The van der Waals surface area contributed by atoms with Gasteiger partial charge in [-0.05, 0) is 31.9 Å². The van der Waals surface area contributed by atoms with Crippen LogP contribution in [0.3, 0.4) is 0 Å². The maximum absolute atomic E-state index is 13.2. The number of rotatable bonds is 6. The molecule has 3 atom stereocenters. The van der Waals surface area contributed by atoms with Gasteiger partial charge in [-0.3, -0.25) is 13.8 Å². The minimum atomic E-state index is -1.79. The molecule has 24 heavy (non-hydrogen) atoms. The van der Waals surface area contributed by atoms with Gasteiger partial charge in [-0.25, -0.2) is 0 Å². The van der Waals surface area contributed by atoms with E-state index in [1.807, 2.05) is 6.92 Å². The highest BCUT2D eigenvalue weighted by atomic mass is 32.2. The van der Waals surface area contributed by atoms with Crippen LogP contribution in [-0.4, -0.2) is 46.3 Å². The molecule has 0 aromatic heterocycles. The third-order valence-electron chi connectivity index (χ3n) is 4.68. The third kappa shape index (κ3) is 2.46. The Morgan fingerprint density at radius 2 is 1.71 bits per heavy atom. The van der Waals surface area contributed by atoms with Crippen LogP contribution >= 0.6 is 0 Å². The Kier molecular flexibility index (Phi) is 5.15. The van der Waals surface area contributed by atoms with E-state index in [1.165, 1.54) is 0 Å². The van der Waals surface area contributed by atoms with Gasteiger partial charge in [-0.1, -0.05) is 24.6 Å². The van der Waals surface area contributed by atoms with Crippen LogP contribution in [0.5, 0.6) is 0 Å². The number of carbonyl (C=O) groups excluding carboxylic acids is 2. The molecular weight excluding hydrogens is 332 g/mol. The predicted octanol–water partition coefficient (Wildman–Crippen LogP) is 1.35. The van der Waals surface area contributed by atoms with Crippen LogP contribution in [0.4, 0.5) is 0 Å². The molecule has 0 bridgehead atoms. The van der Waals surface area contributed by atoms with Gasteiger partial charge < -0.3 is 14.6 Å². The molecule has 1 aromatic carbocycles. The number of benzene rings is 1. The van der Waals surface area contributed by atoms with Gasteiger partial charge in [-0.15, -0.1) is 0 Å². The molecule has 0 radical (unpaired) electrons. The summed E-state index contributed by atoms with van der Waals surface area (Å²) in [5, 5.41) is 10.6. The van der Waals surface area contributed by atoms with Gasteiger partial charge in [-0.2, -0.15) is 0 Å². The number of hydrogen-bond donors (Lipinski definition) is 1. The van der Waals surface area contributed by atoms with Gasteiger partial charge in [0.25, 0.3) is 0 Å². The van der Waals surface area contributed by atoms with Crippen molar-refractivity contribution in [2.75, 3.05) is 14.2 Å². The number of methoxy groups -OCH3 is 2. The first kappa shape index (κ1) is 18.6. The van der Waals surface area contributed by atoms with Crippen LogP contribution < -0.4 is 0 Å². The Balaban J connectivity index is 2.57. The zero-order valence-electron chi connectivity index (χ0n) is 14.2. The second-order valence-electron chi connectivity index (χ2n) is 5.96. The predicted molar refractivity (Wildman–Crippen MR) is 87.7 cm³/mol. The molecule has 2 rings (SSSR count). The fourth-order valence-corrected chi connectivity index (χ4v) is 5.27. The average molecular weight is 354 g/mol. The lowest BCUT2D eigenvalue weighted by atomic mass is 9.99. The second-order valence-corrected chi connectivity index (χ2v) is 7.70. The number of aliphatic hydroxyl groups is 1. The minimum absolute atomic E-state index is 0.0746. The van der Waals surface area contributed by atoms with E-state index in [9.17, 15) is 18.9 Å². The summed E-state index contributed by atoms with van der Waals surface area (Å²) in [6.07, 6.45) is -0.944. The molecule has 6 nitrogen and oxygen atoms in total. The summed E-state index contributed by atoms with van der Waals surface area (Å²) in [5.41, 5.74) is -0.759. The highest BCUT2D eigenvalue weighted by Gasteiger charge is 2.84. The molecule has 132 valence electrons. The fraction of sp³-hybridized carbons (Fsp3) is 0.529. The molecule has 7 heteroatoms. The Hall–Kier alpha value is -1.73. The highest BCUT2D eigenvalue weighted by Crippen LogP contribution is 2.65. The molecule has 1 unspecified atom stereocenters. The molecule has 1 saturated carbocycles. The SMILES string of the molecule is CCC(O)[C@@]1([S@@](=O)c2ccc(C)cc2)CC1(C(=O)OC)C(=O)OC. The van der Waals surface area contributed by atoms with Gasteiger partial charge in [0.2, 0.25) is 0 Å². The summed E-state index contributed by atoms with van der Waals surface area (Å²) in [6, 6.07) is 6.93. The summed E-state index contributed by atoms with van der Waals surface area (Å²) in [5.74, 6) is -1.66. The first-order valence-electron chi connectivity index (χ1n) is 7.65. The van der Waals surface area contributed by atoms with Crippen molar-refractivity contribution in [3.05, 3.63) is 29.8 Å².